The maximum absolute atomic E-state index is 11.9. The van der Waals surface area contributed by atoms with Crippen LogP contribution < -0.4 is 10.1 Å². The Kier molecular flexibility index (Phi) is 5.58. The topological polar surface area (TPSA) is 38.3 Å². The largest absolute Gasteiger partial charge is 0.494 e. The standard InChI is InChI=1S/C17H16BrNO2/c1-2-21-16-5-3-4-15(12-16)19-11-10-17(20)13-6-8-14(18)9-7-13/h3-12,19H,2H2,1H3. The van der Waals surface area contributed by atoms with Gasteiger partial charge in [-0.3, -0.25) is 4.79 Å². The van der Waals surface area contributed by atoms with Crippen molar-refractivity contribution in [3.05, 3.63) is 70.8 Å². The van der Waals surface area contributed by atoms with Crippen LogP contribution in [0.3, 0.4) is 0 Å². The molecule has 2 aromatic carbocycles. The third kappa shape index (κ3) is 4.76. The first-order valence-corrected chi connectivity index (χ1v) is 7.44. The second-order valence-corrected chi connectivity index (χ2v) is 5.23. The van der Waals surface area contributed by atoms with Crippen LogP contribution in [0.15, 0.2) is 65.3 Å². The molecule has 0 saturated heterocycles. The van der Waals surface area contributed by atoms with E-state index in [9.17, 15) is 4.79 Å². The Morgan fingerprint density at radius 2 is 2.00 bits per heavy atom. The molecule has 0 bridgehead atoms. The van der Waals surface area contributed by atoms with Crippen molar-refractivity contribution in [1.82, 2.24) is 0 Å². The maximum Gasteiger partial charge on any atom is 0.187 e. The van der Waals surface area contributed by atoms with E-state index in [1.807, 2.05) is 43.3 Å². The normalized spacial score (nSPS) is 10.6. The van der Waals surface area contributed by atoms with E-state index in [0.717, 1.165) is 15.9 Å². The van der Waals surface area contributed by atoms with Crippen molar-refractivity contribution in [1.29, 1.82) is 0 Å². The summed E-state index contributed by atoms with van der Waals surface area (Å²) in [5.41, 5.74) is 1.53. The van der Waals surface area contributed by atoms with Crippen LogP contribution in [0.2, 0.25) is 0 Å². The Morgan fingerprint density at radius 1 is 1.24 bits per heavy atom. The van der Waals surface area contributed by atoms with Gasteiger partial charge < -0.3 is 10.1 Å². The summed E-state index contributed by atoms with van der Waals surface area (Å²) in [5.74, 6) is 0.756. The molecule has 0 unspecified atom stereocenters. The van der Waals surface area contributed by atoms with E-state index in [-0.39, 0.29) is 5.78 Å². The molecule has 0 spiro atoms. The van der Waals surface area contributed by atoms with Crippen LogP contribution in [0.5, 0.6) is 5.75 Å². The predicted octanol–water partition coefficient (Wildman–Crippen LogP) is 4.66. The first kappa shape index (κ1) is 15.3. The van der Waals surface area contributed by atoms with E-state index < -0.39 is 0 Å². The highest BCUT2D eigenvalue weighted by molar-refractivity contribution is 9.10. The number of hydrogen-bond acceptors (Lipinski definition) is 3. The number of ether oxygens (including phenoxy) is 1. The SMILES string of the molecule is CCOc1cccc(NC=CC(=O)c2ccc(Br)cc2)c1. The first-order valence-electron chi connectivity index (χ1n) is 6.65. The molecule has 2 rings (SSSR count). The number of hydrogen-bond donors (Lipinski definition) is 1. The van der Waals surface area contributed by atoms with E-state index in [4.69, 9.17) is 4.74 Å². The van der Waals surface area contributed by atoms with Gasteiger partial charge in [0.15, 0.2) is 5.78 Å². The number of benzene rings is 2. The van der Waals surface area contributed by atoms with Gasteiger partial charge in [-0.1, -0.05) is 22.0 Å². The van der Waals surface area contributed by atoms with Gasteiger partial charge in [0.25, 0.3) is 0 Å². The molecule has 4 heteroatoms. The number of rotatable bonds is 6. The fourth-order valence-corrected chi connectivity index (χ4v) is 2.03. The molecule has 108 valence electrons. The highest BCUT2D eigenvalue weighted by Crippen LogP contribution is 2.17. The van der Waals surface area contributed by atoms with Crippen molar-refractivity contribution in [2.45, 2.75) is 6.92 Å². The zero-order chi connectivity index (χ0) is 15.1. The lowest BCUT2D eigenvalue weighted by Gasteiger charge is -2.05. The number of nitrogens with one attached hydrogen (secondary N) is 1. The summed E-state index contributed by atoms with van der Waals surface area (Å²) >= 11 is 3.34. The van der Waals surface area contributed by atoms with Crippen molar-refractivity contribution in [2.24, 2.45) is 0 Å². The molecule has 2 aromatic rings. The molecule has 0 aliphatic rings. The monoisotopic (exact) mass is 345 g/mol. The molecular formula is C17H16BrNO2. The Hall–Kier alpha value is -2.07. The van der Waals surface area contributed by atoms with Gasteiger partial charge >= 0.3 is 0 Å². The molecule has 0 aromatic heterocycles. The van der Waals surface area contributed by atoms with Gasteiger partial charge in [0, 0.05) is 34.1 Å². The summed E-state index contributed by atoms with van der Waals surface area (Å²) in [6.45, 7) is 2.57. The minimum atomic E-state index is -0.0454. The fourth-order valence-electron chi connectivity index (χ4n) is 1.77. The maximum atomic E-state index is 11.9. The van der Waals surface area contributed by atoms with Gasteiger partial charge in [-0.2, -0.15) is 0 Å². The predicted molar refractivity (Wildman–Crippen MR) is 88.8 cm³/mol. The van der Waals surface area contributed by atoms with E-state index >= 15 is 0 Å². The molecular weight excluding hydrogens is 330 g/mol. The molecule has 1 N–H and O–H groups in total. The van der Waals surface area contributed by atoms with Crippen LogP contribution in [0.1, 0.15) is 17.3 Å². The number of halogens is 1. The molecule has 0 fully saturated rings. The van der Waals surface area contributed by atoms with Crippen LogP contribution in [-0.2, 0) is 0 Å². The van der Waals surface area contributed by atoms with Gasteiger partial charge in [0.05, 0.1) is 6.61 Å². The second-order valence-electron chi connectivity index (χ2n) is 4.31. The molecule has 0 aliphatic carbocycles. The highest BCUT2D eigenvalue weighted by Gasteiger charge is 2.00. The number of ketones is 1. The Bertz CT molecular complexity index is 635. The average molecular weight is 346 g/mol. The summed E-state index contributed by atoms with van der Waals surface area (Å²) < 4.78 is 6.37. The first-order chi connectivity index (χ1) is 10.2. The van der Waals surface area contributed by atoms with Crippen molar-refractivity contribution < 1.29 is 9.53 Å². The number of carbonyl (C=O) groups is 1. The smallest absolute Gasteiger partial charge is 0.187 e. The zero-order valence-electron chi connectivity index (χ0n) is 11.7. The highest BCUT2D eigenvalue weighted by atomic mass is 79.9. The molecule has 3 nitrogen and oxygen atoms in total. The van der Waals surface area contributed by atoms with Gasteiger partial charge in [-0.15, -0.1) is 0 Å². The van der Waals surface area contributed by atoms with E-state index in [1.165, 1.54) is 6.08 Å². The van der Waals surface area contributed by atoms with Crippen LogP contribution in [0.25, 0.3) is 0 Å². The van der Waals surface area contributed by atoms with Crippen molar-refractivity contribution in [2.75, 3.05) is 11.9 Å². The van der Waals surface area contributed by atoms with Crippen LogP contribution in [0, 0.1) is 0 Å². The van der Waals surface area contributed by atoms with E-state index in [2.05, 4.69) is 21.2 Å². The van der Waals surface area contributed by atoms with Crippen LogP contribution in [-0.4, -0.2) is 12.4 Å². The summed E-state index contributed by atoms with van der Waals surface area (Å²) in [7, 11) is 0. The van der Waals surface area contributed by atoms with Gasteiger partial charge in [0.1, 0.15) is 5.75 Å². The lowest BCUT2D eigenvalue weighted by molar-refractivity contribution is 0.104. The minimum Gasteiger partial charge on any atom is -0.494 e. The third-order valence-electron chi connectivity index (χ3n) is 2.76. The third-order valence-corrected chi connectivity index (χ3v) is 3.29. The van der Waals surface area contributed by atoms with Crippen LogP contribution >= 0.6 is 15.9 Å². The lowest BCUT2D eigenvalue weighted by Crippen LogP contribution is -1.96. The van der Waals surface area contributed by atoms with Crippen molar-refractivity contribution in [3.63, 3.8) is 0 Å². The summed E-state index contributed by atoms with van der Waals surface area (Å²) in [4.78, 5) is 11.9. The Morgan fingerprint density at radius 3 is 2.71 bits per heavy atom. The van der Waals surface area contributed by atoms with Crippen molar-refractivity contribution in [3.8, 4) is 5.75 Å². The summed E-state index contributed by atoms with van der Waals surface area (Å²) in [6.07, 6.45) is 3.14. The molecule has 0 amide bonds. The second kappa shape index (κ2) is 7.64. The zero-order valence-corrected chi connectivity index (χ0v) is 13.3. The number of allylic oxidation sites excluding steroid dienone is 1. The Balaban J connectivity index is 1.97. The molecule has 21 heavy (non-hydrogen) atoms. The van der Waals surface area contributed by atoms with Crippen molar-refractivity contribution >= 4 is 27.4 Å². The molecule has 0 atom stereocenters. The van der Waals surface area contributed by atoms with E-state index in [0.29, 0.717) is 12.2 Å². The molecule has 0 aliphatic heterocycles. The van der Waals surface area contributed by atoms with E-state index in [1.54, 1.807) is 18.3 Å². The fraction of sp³-hybridized carbons (Fsp3) is 0.118. The number of carbonyl (C=O) groups excluding carboxylic acids is 1. The quantitative estimate of drug-likeness (QED) is 0.611. The molecule has 0 heterocycles. The molecule has 0 radical (unpaired) electrons. The average Bonchev–Trinajstić information content (AvgIpc) is 2.48. The van der Waals surface area contributed by atoms with Gasteiger partial charge in [0.2, 0.25) is 0 Å². The lowest BCUT2D eigenvalue weighted by atomic mass is 10.1. The summed E-state index contributed by atoms with van der Waals surface area (Å²) in [6, 6.07) is 14.9. The van der Waals surface area contributed by atoms with Gasteiger partial charge in [-0.25, -0.2) is 0 Å². The Labute approximate surface area is 132 Å². The molecule has 0 saturated carbocycles. The van der Waals surface area contributed by atoms with Gasteiger partial charge in [-0.05, 0) is 43.3 Å². The number of anilines is 1. The summed E-state index contributed by atoms with van der Waals surface area (Å²) in [5, 5.41) is 3.06. The van der Waals surface area contributed by atoms with Crippen LogP contribution in [0.4, 0.5) is 5.69 Å². The minimum absolute atomic E-state index is 0.0454.